The standard InChI is InChI=1S/C24H26N8O3/c1-4-20(33)32-11-15(19(13-32)34-3)14-35-23-21-17(18-7-5-6-8-25-18)10-26-22(21)29-24(30-23)28-16-9-27-31(2)12-16/h4-10,12,15,19H,1,11,13-14H2,2-3H3,(H2,26,28,29,30)/t15-,19?/m1/s1. The minimum Gasteiger partial charge on any atom is -0.477 e. The molecule has 1 aliphatic rings. The number of amides is 1. The minimum atomic E-state index is -0.147. The Morgan fingerprint density at radius 3 is 2.94 bits per heavy atom. The fourth-order valence-electron chi connectivity index (χ4n) is 4.26. The Bertz CT molecular complexity index is 1350. The van der Waals surface area contributed by atoms with Crippen molar-refractivity contribution < 1.29 is 14.3 Å². The lowest BCUT2D eigenvalue weighted by atomic mass is 10.1. The lowest BCUT2D eigenvalue weighted by molar-refractivity contribution is -0.125. The number of nitrogens with zero attached hydrogens (tertiary/aromatic N) is 6. The summed E-state index contributed by atoms with van der Waals surface area (Å²) in [6.07, 6.45) is 8.27. The van der Waals surface area contributed by atoms with Crippen LogP contribution in [0.5, 0.6) is 5.88 Å². The molecular formula is C24H26N8O3. The van der Waals surface area contributed by atoms with Gasteiger partial charge in [-0.2, -0.15) is 15.1 Å². The third-order valence-corrected chi connectivity index (χ3v) is 6.00. The number of hydrogen-bond donors (Lipinski definition) is 2. The largest absolute Gasteiger partial charge is 0.477 e. The van der Waals surface area contributed by atoms with Crippen LogP contribution >= 0.6 is 0 Å². The van der Waals surface area contributed by atoms with Crippen molar-refractivity contribution >= 4 is 28.6 Å². The number of H-pyrrole nitrogens is 1. The zero-order valence-electron chi connectivity index (χ0n) is 19.5. The van der Waals surface area contributed by atoms with E-state index < -0.39 is 0 Å². The Morgan fingerprint density at radius 2 is 2.23 bits per heavy atom. The molecule has 11 heteroatoms. The first kappa shape index (κ1) is 22.5. The van der Waals surface area contributed by atoms with E-state index in [2.05, 4.69) is 36.9 Å². The van der Waals surface area contributed by atoms with Crippen LogP contribution in [-0.4, -0.2) is 73.4 Å². The van der Waals surface area contributed by atoms with Crippen LogP contribution in [0.15, 0.2) is 55.6 Å². The van der Waals surface area contributed by atoms with Crippen LogP contribution in [0.3, 0.4) is 0 Å². The van der Waals surface area contributed by atoms with Crippen molar-refractivity contribution in [3.05, 3.63) is 55.6 Å². The first-order valence-electron chi connectivity index (χ1n) is 11.2. The smallest absolute Gasteiger partial charge is 0.246 e. The van der Waals surface area contributed by atoms with Crippen LogP contribution in [0.25, 0.3) is 22.3 Å². The van der Waals surface area contributed by atoms with Crippen molar-refractivity contribution in [2.75, 3.05) is 32.1 Å². The fourth-order valence-corrected chi connectivity index (χ4v) is 4.26. The Kier molecular flexibility index (Phi) is 6.15. The van der Waals surface area contributed by atoms with Gasteiger partial charge in [0.05, 0.1) is 35.7 Å². The number of aromatic amines is 1. The van der Waals surface area contributed by atoms with E-state index in [1.165, 1.54) is 6.08 Å². The predicted octanol–water partition coefficient (Wildman–Crippen LogP) is 2.54. The highest BCUT2D eigenvalue weighted by Gasteiger charge is 2.35. The van der Waals surface area contributed by atoms with Gasteiger partial charge in [-0.25, -0.2) is 0 Å². The molecule has 4 aromatic rings. The van der Waals surface area contributed by atoms with E-state index >= 15 is 0 Å². The van der Waals surface area contributed by atoms with Gasteiger partial charge in [-0.1, -0.05) is 12.6 Å². The fraction of sp³-hybridized carbons (Fsp3) is 0.292. The Labute approximate surface area is 201 Å². The lowest BCUT2D eigenvalue weighted by Gasteiger charge is -2.17. The molecule has 0 aliphatic carbocycles. The summed E-state index contributed by atoms with van der Waals surface area (Å²) in [6, 6.07) is 5.71. The number of hydrogen-bond acceptors (Lipinski definition) is 8. The number of fused-ring (bicyclic) bond motifs is 1. The van der Waals surface area contributed by atoms with Crippen molar-refractivity contribution in [1.29, 1.82) is 0 Å². The summed E-state index contributed by atoms with van der Waals surface area (Å²) < 4.78 is 13.6. The SMILES string of the molecule is C=CC(=O)N1CC(OC)[C@@H](COc2nc(Nc3cnn(C)c3)nc3[nH]cc(-c4ccccn4)c23)C1. The molecule has 1 aliphatic heterocycles. The van der Waals surface area contributed by atoms with Gasteiger partial charge < -0.3 is 24.7 Å². The second-order valence-electron chi connectivity index (χ2n) is 8.31. The molecule has 1 fully saturated rings. The van der Waals surface area contributed by atoms with Gasteiger partial charge in [0.1, 0.15) is 5.65 Å². The number of carbonyl (C=O) groups excluding carboxylic acids is 1. The third kappa shape index (κ3) is 4.58. The van der Waals surface area contributed by atoms with Crippen molar-refractivity contribution in [1.82, 2.24) is 34.6 Å². The van der Waals surface area contributed by atoms with E-state index in [0.29, 0.717) is 37.2 Å². The first-order chi connectivity index (χ1) is 17.1. The molecule has 5 heterocycles. The number of nitrogens with one attached hydrogen (secondary N) is 2. The Balaban J connectivity index is 1.48. The first-order valence-corrected chi connectivity index (χ1v) is 11.2. The van der Waals surface area contributed by atoms with E-state index in [1.807, 2.05) is 37.6 Å². The molecule has 0 bridgehead atoms. The van der Waals surface area contributed by atoms with Gasteiger partial charge in [0.15, 0.2) is 0 Å². The molecule has 35 heavy (non-hydrogen) atoms. The maximum Gasteiger partial charge on any atom is 0.246 e. The summed E-state index contributed by atoms with van der Waals surface area (Å²) >= 11 is 0. The van der Waals surface area contributed by atoms with E-state index in [9.17, 15) is 4.79 Å². The number of pyridine rings is 1. The van der Waals surface area contributed by atoms with Gasteiger partial charge in [0.25, 0.3) is 0 Å². The van der Waals surface area contributed by atoms with E-state index in [0.717, 1.165) is 22.3 Å². The van der Waals surface area contributed by atoms with Gasteiger partial charge in [-0.3, -0.25) is 14.5 Å². The summed E-state index contributed by atoms with van der Waals surface area (Å²) in [6.45, 7) is 4.90. The molecule has 0 radical (unpaired) electrons. The monoisotopic (exact) mass is 474 g/mol. The number of aryl methyl sites for hydroxylation is 1. The summed E-state index contributed by atoms with van der Waals surface area (Å²) in [5.41, 5.74) is 2.98. The molecule has 1 saturated heterocycles. The summed E-state index contributed by atoms with van der Waals surface area (Å²) in [7, 11) is 3.48. The van der Waals surface area contributed by atoms with Crippen LogP contribution in [0.2, 0.25) is 0 Å². The molecule has 0 spiro atoms. The Hall–Kier alpha value is -4.25. The topological polar surface area (TPSA) is 123 Å². The number of carbonyl (C=O) groups is 1. The summed E-state index contributed by atoms with van der Waals surface area (Å²) in [5.74, 6) is 0.630. The molecule has 2 atom stereocenters. The normalized spacial score (nSPS) is 17.6. The molecule has 11 nitrogen and oxygen atoms in total. The third-order valence-electron chi connectivity index (χ3n) is 6.00. The van der Waals surface area contributed by atoms with Gasteiger partial charge in [-0.15, -0.1) is 0 Å². The summed E-state index contributed by atoms with van der Waals surface area (Å²) in [5, 5.41) is 8.08. The molecular weight excluding hydrogens is 448 g/mol. The number of likely N-dealkylation sites (tertiary alicyclic amines) is 1. The average molecular weight is 475 g/mol. The zero-order valence-corrected chi connectivity index (χ0v) is 19.5. The quantitative estimate of drug-likeness (QED) is 0.374. The minimum absolute atomic E-state index is 0.0270. The highest BCUT2D eigenvalue weighted by molar-refractivity contribution is 5.97. The number of anilines is 2. The molecule has 1 unspecified atom stereocenters. The molecule has 4 aromatic heterocycles. The van der Waals surface area contributed by atoms with Gasteiger partial charge >= 0.3 is 0 Å². The van der Waals surface area contributed by atoms with Crippen molar-refractivity contribution in [3.63, 3.8) is 0 Å². The van der Waals surface area contributed by atoms with Gasteiger partial charge in [0, 0.05) is 57.3 Å². The van der Waals surface area contributed by atoms with E-state index in [1.54, 1.807) is 29.1 Å². The summed E-state index contributed by atoms with van der Waals surface area (Å²) in [4.78, 5) is 30.8. The van der Waals surface area contributed by atoms with Crippen LogP contribution in [0, 0.1) is 5.92 Å². The van der Waals surface area contributed by atoms with Crippen molar-refractivity contribution in [3.8, 4) is 17.1 Å². The average Bonchev–Trinajstić information content (AvgIpc) is 3.60. The highest BCUT2D eigenvalue weighted by Crippen LogP contribution is 2.34. The van der Waals surface area contributed by atoms with E-state index in [-0.39, 0.29) is 17.9 Å². The predicted molar refractivity (Wildman–Crippen MR) is 130 cm³/mol. The molecule has 2 N–H and O–H groups in total. The second-order valence-corrected chi connectivity index (χ2v) is 8.31. The van der Waals surface area contributed by atoms with Gasteiger partial charge in [0.2, 0.25) is 17.7 Å². The van der Waals surface area contributed by atoms with Crippen LogP contribution in [0.1, 0.15) is 0 Å². The lowest BCUT2D eigenvalue weighted by Crippen LogP contribution is -2.28. The number of methoxy groups -OCH3 is 1. The molecule has 180 valence electrons. The second kappa shape index (κ2) is 9.55. The van der Waals surface area contributed by atoms with Gasteiger partial charge in [-0.05, 0) is 18.2 Å². The molecule has 1 amide bonds. The maximum absolute atomic E-state index is 12.1. The van der Waals surface area contributed by atoms with Crippen molar-refractivity contribution in [2.45, 2.75) is 6.10 Å². The maximum atomic E-state index is 12.1. The molecule has 0 aromatic carbocycles. The number of aromatic nitrogens is 6. The molecule has 0 saturated carbocycles. The number of rotatable bonds is 8. The van der Waals surface area contributed by atoms with Crippen LogP contribution in [0.4, 0.5) is 11.6 Å². The molecule has 5 rings (SSSR count). The number of ether oxygens (including phenoxy) is 2. The van der Waals surface area contributed by atoms with Crippen LogP contribution in [-0.2, 0) is 16.6 Å². The van der Waals surface area contributed by atoms with Crippen molar-refractivity contribution in [2.24, 2.45) is 13.0 Å². The van der Waals surface area contributed by atoms with Crippen LogP contribution < -0.4 is 10.1 Å². The highest BCUT2D eigenvalue weighted by atomic mass is 16.5. The van der Waals surface area contributed by atoms with E-state index in [4.69, 9.17) is 9.47 Å². The Morgan fingerprint density at radius 1 is 1.34 bits per heavy atom. The zero-order chi connectivity index (χ0) is 24.4.